The fourth-order valence-electron chi connectivity index (χ4n) is 4.88. The number of anilines is 1. The number of amides is 3. The molecule has 254 valence electrons. The number of esters is 1. The van der Waals surface area contributed by atoms with Crippen LogP contribution in [0, 0.1) is 0 Å². The molecule has 4 aromatic rings. The summed E-state index contributed by atoms with van der Waals surface area (Å²) in [4.78, 5) is 57.0. The predicted octanol–water partition coefficient (Wildman–Crippen LogP) is 5.13. The molecule has 0 bridgehead atoms. The number of carbonyl (C=O) groups excluding carboxylic acids is 4. The Morgan fingerprint density at radius 2 is 1.58 bits per heavy atom. The second-order valence-corrected chi connectivity index (χ2v) is 12.7. The van der Waals surface area contributed by atoms with E-state index in [-0.39, 0.29) is 25.6 Å². The lowest BCUT2D eigenvalue weighted by atomic mass is 9.98. The van der Waals surface area contributed by atoms with Gasteiger partial charge in [0.2, 0.25) is 5.91 Å². The number of benzene rings is 3. The van der Waals surface area contributed by atoms with Crippen molar-refractivity contribution in [1.82, 2.24) is 20.2 Å². The molecule has 0 fully saturated rings. The predicted molar refractivity (Wildman–Crippen MR) is 181 cm³/mol. The van der Waals surface area contributed by atoms with Crippen LogP contribution in [0.2, 0.25) is 0 Å². The van der Waals surface area contributed by atoms with E-state index in [1.807, 2.05) is 72.8 Å². The Kier molecular flexibility index (Phi) is 11.6. The Bertz CT molecular complexity index is 1720. The van der Waals surface area contributed by atoms with E-state index in [0.717, 1.165) is 16.3 Å². The first kappa shape index (κ1) is 35.6. The third kappa shape index (κ3) is 9.64. The summed E-state index contributed by atoms with van der Waals surface area (Å²) in [6.45, 7) is 10.1. The number of fused-ring (bicyclic) bond motifs is 1. The fourth-order valence-corrected chi connectivity index (χ4v) is 4.88. The normalized spacial score (nSPS) is 12.9. The van der Waals surface area contributed by atoms with Crippen LogP contribution in [-0.2, 0) is 35.2 Å². The van der Waals surface area contributed by atoms with E-state index >= 15 is 0 Å². The first-order chi connectivity index (χ1) is 22.8. The molecule has 0 spiro atoms. The molecule has 0 radical (unpaired) electrons. The number of alkyl carbamates (subject to hydrolysis) is 1. The molecule has 3 aromatic carbocycles. The summed E-state index contributed by atoms with van der Waals surface area (Å²) in [7, 11) is 0. The van der Waals surface area contributed by atoms with Crippen LogP contribution in [-0.4, -0.2) is 63.8 Å². The average molecular weight is 658 g/mol. The first-order valence-corrected chi connectivity index (χ1v) is 15.7. The van der Waals surface area contributed by atoms with Crippen LogP contribution in [0.4, 0.5) is 10.6 Å². The van der Waals surface area contributed by atoms with Gasteiger partial charge in [-0.15, -0.1) is 0 Å². The third-order valence-corrected chi connectivity index (χ3v) is 7.18. The van der Waals surface area contributed by atoms with E-state index in [1.54, 1.807) is 32.3 Å². The summed E-state index contributed by atoms with van der Waals surface area (Å²) in [5, 5.41) is 9.79. The van der Waals surface area contributed by atoms with Crippen molar-refractivity contribution >= 4 is 40.5 Å². The Balaban J connectivity index is 1.55. The number of hydrogen-bond acceptors (Lipinski definition) is 8. The first-order valence-electron chi connectivity index (χ1n) is 15.7. The molecule has 1 heterocycles. The summed E-state index contributed by atoms with van der Waals surface area (Å²) in [5.74, 6) is -1.60. The molecule has 0 aliphatic rings. The fraction of sp³-hybridized carbons (Fsp3) is 0.361. The van der Waals surface area contributed by atoms with Crippen molar-refractivity contribution in [3.8, 4) is 0 Å². The number of ether oxygens (including phenoxy) is 3. The van der Waals surface area contributed by atoms with Gasteiger partial charge in [-0.2, -0.15) is 0 Å². The number of nitrogens with zero attached hydrogens (tertiary/aromatic N) is 2. The number of hydrogen-bond donors (Lipinski definition) is 3. The number of imidazole rings is 1. The van der Waals surface area contributed by atoms with Gasteiger partial charge in [-0.3, -0.25) is 9.59 Å². The van der Waals surface area contributed by atoms with Gasteiger partial charge in [0, 0.05) is 6.20 Å². The van der Waals surface area contributed by atoms with Crippen LogP contribution in [0.25, 0.3) is 10.8 Å². The lowest BCUT2D eigenvalue weighted by Crippen LogP contribution is -2.59. The molecule has 0 saturated heterocycles. The van der Waals surface area contributed by atoms with Crippen LogP contribution < -0.4 is 16.0 Å². The van der Waals surface area contributed by atoms with Gasteiger partial charge in [0.05, 0.1) is 26.1 Å². The van der Waals surface area contributed by atoms with Gasteiger partial charge in [0.15, 0.2) is 11.9 Å². The van der Waals surface area contributed by atoms with Crippen molar-refractivity contribution in [2.75, 3.05) is 18.5 Å². The third-order valence-electron chi connectivity index (χ3n) is 7.18. The molecular weight excluding hydrogens is 614 g/mol. The summed E-state index contributed by atoms with van der Waals surface area (Å²) < 4.78 is 18.1. The SMILES string of the molecule is CCOC(=O)C(c1cccc2ccccc12)n1cnc(NC(=O)C(COCc2ccccc2)NC(=O)C(C)(C)NC(=O)OC(C)(C)C)c1. The largest absolute Gasteiger partial charge is 0.464 e. The van der Waals surface area contributed by atoms with Gasteiger partial charge in [0.25, 0.3) is 5.91 Å². The van der Waals surface area contributed by atoms with Crippen LogP contribution in [0.15, 0.2) is 85.3 Å². The minimum Gasteiger partial charge on any atom is -0.464 e. The highest BCUT2D eigenvalue weighted by Gasteiger charge is 2.35. The van der Waals surface area contributed by atoms with Crippen molar-refractivity contribution in [3.63, 3.8) is 0 Å². The topological polar surface area (TPSA) is 150 Å². The molecule has 0 aliphatic carbocycles. The molecule has 48 heavy (non-hydrogen) atoms. The summed E-state index contributed by atoms with van der Waals surface area (Å²) in [6.07, 6.45) is 2.18. The Labute approximate surface area is 280 Å². The van der Waals surface area contributed by atoms with Crippen LogP contribution in [0.3, 0.4) is 0 Å². The highest BCUT2D eigenvalue weighted by Crippen LogP contribution is 2.29. The van der Waals surface area contributed by atoms with E-state index in [2.05, 4.69) is 20.9 Å². The molecule has 3 N–H and O–H groups in total. The molecule has 4 rings (SSSR count). The number of carbonyl (C=O) groups is 4. The summed E-state index contributed by atoms with van der Waals surface area (Å²) in [5.41, 5.74) is -0.617. The number of nitrogens with one attached hydrogen (secondary N) is 3. The Hall–Kier alpha value is -5.23. The van der Waals surface area contributed by atoms with E-state index < -0.39 is 47.1 Å². The maximum absolute atomic E-state index is 13.6. The molecule has 2 unspecified atom stereocenters. The molecule has 1 aromatic heterocycles. The molecular formula is C36H43N5O7. The quantitative estimate of drug-likeness (QED) is 0.168. The number of rotatable bonds is 13. The average Bonchev–Trinajstić information content (AvgIpc) is 3.47. The highest BCUT2D eigenvalue weighted by molar-refractivity contribution is 5.99. The summed E-state index contributed by atoms with van der Waals surface area (Å²) >= 11 is 0. The molecule has 0 saturated carbocycles. The lowest BCUT2D eigenvalue weighted by Gasteiger charge is -2.29. The minimum absolute atomic E-state index is 0.142. The van der Waals surface area contributed by atoms with E-state index in [0.29, 0.717) is 5.56 Å². The maximum atomic E-state index is 13.6. The zero-order valence-electron chi connectivity index (χ0n) is 28.1. The zero-order chi connectivity index (χ0) is 34.9. The van der Waals surface area contributed by atoms with Crippen molar-refractivity contribution in [2.24, 2.45) is 0 Å². The van der Waals surface area contributed by atoms with Crippen molar-refractivity contribution in [3.05, 3.63) is 96.4 Å². The molecule has 12 heteroatoms. The molecule has 0 aliphatic heterocycles. The number of aromatic nitrogens is 2. The van der Waals surface area contributed by atoms with E-state index in [1.165, 1.54) is 26.4 Å². The van der Waals surface area contributed by atoms with Crippen LogP contribution >= 0.6 is 0 Å². The van der Waals surface area contributed by atoms with Crippen LogP contribution in [0.1, 0.15) is 58.7 Å². The van der Waals surface area contributed by atoms with Gasteiger partial charge in [-0.05, 0) is 63.4 Å². The Morgan fingerprint density at radius 1 is 0.896 bits per heavy atom. The van der Waals surface area contributed by atoms with Gasteiger partial charge >= 0.3 is 12.1 Å². The van der Waals surface area contributed by atoms with Crippen LogP contribution in [0.5, 0.6) is 0 Å². The molecule has 12 nitrogen and oxygen atoms in total. The van der Waals surface area contributed by atoms with Gasteiger partial charge in [-0.1, -0.05) is 72.8 Å². The van der Waals surface area contributed by atoms with Crippen molar-refractivity contribution in [1.29, 1.82) is 0 Å². The second kappa shape index (κ2) is 15.6. The molecule has 2 atom stereocenters. The highest BCUT2D eigenvalue weighted by atomic mass is 16.6. The van der Waals surface area contributed by atoms with E-state index in [9.17, 15) is 19.2 Å². The smallest absolute Gasteiger partial charge is 0.408 e. The van der Waals surface area contributed by atoms with Crippen molar-refractivity contribution < 1.29 is 33.4 Å². The van der Waals surface area contributed by atoms with Gasteiger partial charge in [-0.25, -0.2) is 14.6 Å². The van der Waals surface area contributed by atoms with Gasteiger partial charge < -0.3 is 34.7 Å². The minimum atomic E-state index is -1.44. The second-order valence-electron chi connectivity index (χ2n) is 12.7. The maximum Gasteiger partial charge on any atom is 0.408 e. The van der Waals surface area contributed by atoms with E-state index in [4.69, 9.17) is 14.2 Å². The lowest BCUT2D eigenvalue weighted by molar-refractivity contribution is -0.145. The van der Waals surface area contributed by atoms with Gasteiger partial charge in [0.1, 0.15) is 17.2 Å². The summed E-state index contributed by atoms with van der Waals surface area (Å²) in [6, 6.07) is 20.7. The molecule has 3 amide bonds. The zero-order valence-corrected chi connectivity index (χ0v) is 28.1. The Morgan fingerprint density at radius 3 is 2.29 bits per heavy atom. The standard InChI is InChI=1S/C36H43N5O7/c1-7-47-32(43)30(27-19-13-17-25-16-11-12-18-26(25)27)41-20-29(37-23-41)39-31(42)28(22-46-21-24-14-9-8-10-15-24)38-33(44)36(5,6)40-34(45)48-35(2,3)4/h8-20,23,28,30H,7,21-22H2,1-6H3,(H,38,44)(H,39,42)(H,40,45). The van der Waals surface area contributed by atoms with Crippen molar-refractivity contribution in [2.45, 2.75) is 71.4 Å². The monoisotopic (exact) mass is 657 g/mol.